The summed E-state index contributed by atoms with van der Waals surface area (Å²) in [6, 6.07) is 16.8. The van der Waals surface area contributed by atoms with Crippen LogP contribution in [0.2, 0.25) is 0 Å². The third-order valence-electron chi connectivity index (χ3n) is 4.29. The number of aromatic nitrogens is 2. The molecule has 26 heavy (non-hydrogen) atoms. The molecule has 0 N–H and O–H groups in total. The van der Waals surface area contributed by atoms with E-state index in [2.05, 4.69) is 0 Å². The van der Waals surface area contributed by atoms with Crippen LogP contribution >= 0.6 is 0 Å². The molecule has 0 aliphatic heterocycles. The van der Waals surface area contributed by atoms with Crippen LogP contribution in [-0.4, -0.2) is 16.2 Å². The maximum atomic E-state index is 12.8. The summed E-state index contributed by atoms with van der Waals surface area (Å²) in [5.41, 5.74) is 1.23. The Kier molecular flexibility index (Phi) is 4.89. The Morgan fingerprint density at radius 3 is 1.65 bits per heavy atom. The van der Waals surface area contributed by atoms with Crippen LogP contribution in [0.15, 0.2) is 64.2 Å². The second-order valence-corrected chi connectivity index (χ2v) is 5.97. The molecule has 0 unspecified atom stereocenters. The second-order valence-electron chi connectivity index (χ2n) is 5.97. The van der Waals surface area contributed by atoms with Gasteiger partial charge in [0.15, 0.2) is 0 Å². The largest absolute Gasteiger partial charge is 0.497 e. The molecule has 3 rings (SSSR count). The molecule has 0 spiro atoms. The predicted octanol–water partition coefficient (Wildman–Crippen LogP) is 0.750. The number of methoxy groups -OCH3 is 1. The van der Waals surface area contributed by atoms with E-state index in [-0.39, 0.29) is 11.1 Å². The lowest BCUT2D eigenvalue weighted by Crippen LogP contribution is -2.56. The van der Waals surface area contributed by atoms with Crippen molar-refractivity contribution in [3.8, 4) is 5.75 Å². The monoisotopic (exact) mass is 348 g/mol. The van der Waals surface area contributed by atoms with Crippen molar-refractivity contribution < 1.29 is 4.74 Å². The first-order valence-electron chi connectivity index (χ1n) is 8.20. The van der Waals surface area contributed by atoms with Gasteiger partial charge >= 0.3 is 0 Å². The minimum absolute atomic E-state index is 0.226. The van der Waals surface area contributed by atoms with E-state index in [0.29, 0.717) is 10.7 Å². The molecule has 5 nitrogen and oxygen atoms in total. The number of hydrogen-bond acceptors (Lipinski definition) is 3. The van der Waals surface area contributed by atoms with Crippen molar-refractivity contribution in [1.82, 2.24) is 9.13 Å². The summed E-state index contributed by atoms with van der Waals surface area (Å²) < 4.78 is 7.92. The molecule has 0 saturated carbocycles. The van der Waals surface area contributed by atoms with Gasteiger partial charge in [0.05, 0.1) is 7.11 Å². The van der Waals surface area contributed by atoms with Gasteiger partial charge in [-0.25, -0.2) is 0 Å². The summed E-state index contributed by atoms with van der Waals surface area (Å²) in [7, 11) is 4.82. The Morgan fingerprint density at radius 1 is 0.731 bits per heavy atom. The van der Waals surface area contributed by atoms with Gasteiger partial charge in [0.25, 0.3) is 11.1 Å². The van der Waals surface area contributed by atoms with Crippen molar-refractivity contribution in [2.75, 3.05) is 7.11 Å². The molecule has 1 aromatic heterocycles. The average Bonchev–Trinajstić information content (AvgIpc) is 2.68. The van der Waals surface area contributed by atoms with Gasteiger partial charge in [-0.15, -0.1) is 0 Å². The maximum absolute atomic E-state index is 12.8. The zero-order valence-electron chi connectivity index (χ0n) is 15.0. The predicted molar refractivity (Wildman–Crippen MR) is 103 cm³/mol. The van der Waals surface area contributed by atoms with E-state index >= 15 is 0 Å². The summed E-state index contributed by atoms with van der Waals surface area (Å²) >= 11 is 0. The highest BCUT2D eigenvalue weighted by Gasteiger charge is 2.05. The topological polar surface area (TPSA) is 53.2 Å². The highest BCUT2D eigenvalue weighted by molar-refractivity contribution is 5.50. The van der Waals surface area contributed by atoms with Crippen LogP contribution in [0.3, 0.4) is 0 Å². The smallest absolute Gasteiger partial charge is 0.274 e. The molecule has 5 heteroatoms. The Balaban J connectivity index is 2.24. The lowest BCUT2D eigenvalue weighted by atomic mass is 10.2. The van der Waals surface area contributed by atoms with Gasteiger partial charge in [0.1, 0.15) is 16.4 Å². The molecular formula is C21H20N2O3. The van der Waals surface area contributed by atoms with E-state index in [1.165, 1.54) is 9.13 Å². The van der Waals surface area contributed by atoms with E-state index in [9.17, 15) is 9.59 Å². The van der Waals surface area contributed by atoms with Crippen LogP contribution in [0.1, 0.15) is 11.1 Å². The lowest BCUT2D eigenvalue weighted by Gasteiger charge is -2.05. The second kappa shape index (κ2) is 7.27. The Hall–Kier alpha value is -3.34. The van der Waals surface area contributed by atoms with Crippen LogP contribution in [0.5, 0.6) is 5.75 Å². The lowest BCUT2D eigenvalue weighted by molar-refractivity contribution is 0.415. The highest BCUT2D eigenvalue weighted by atomic mass is 16.5. The van der Waals surface area contributed by atoms with E-state index in [1.54, 1.807) is 33.4 Å². The van der Waals surface area contributed by atoms with Crippen molar-refractivity contribution in [3.63, 3.8) is 0 Å². The standard InChI is InChI=1S/C21H20N2O3/c1-22-18(13-15-7-5-4-6-8-15)20(24)23(2)19(21(22)25)14-16-9-11-17(26-3)12-10-16/h4-14H,1-3H3. The zero-order valence-corrected chi connectivity index (χ0v) is 15.0. The van der Waals surface area contributed by atoms with Crippen molar-refractivity contribution in [2.45, 2.75) is 0 Å². The molecule has 132 valence electrons. The van der Waals surface area contributed by atoms with Gasteiger partial charge in [0, 0.05) is 14.1 Å². The molecular weight excluding hydrogens is 328 g/mol. The summed E-state index contributed by atoms with van der Waals surface area (Å²) in [4.78, 5) is 25.6. The quantitative estimate of drug-likeness (QED) is 0.702. The van der Waals surface area contributed by atoms with Crippen LogP contribution < -0.4 is 26.6 Å². The number of hydrogen-bond donors (Lipinski definition) is 0. The Bertz CT molecular complexity index is 1160. The fourth-order valence-electron chi connectivity index (χ4n) is 2.73. The summed E-state index contributed by atoms with van der Waals surface area (Å²) in [6.45, 7) is 0. The number of rotatable bonds is 3. The zero-order chi connectivity index (χ0) is 18.7. The van der Waals surface area contributed by atoms with Crippen molar-refractivity contribution in [2.24, 2.45) is 14.1 Å². The van der Waals surface area contributed by atoms with Gasteiger partial charge in [-0.3, -0.25) is 9.59 Å². The van der Waals surface area contributed by atoms with Gasteiger partial charge < -0.3 is 13.9 Å². The van der Waals surface area contributed by atoms with Gasteiger partial charge in [0.2, 0.25) is 0 Å². The SMILES string of the molecule is COc1ccc(C=c2c(=O)n(C)c(=Cc3ccccc3)c(=O)n2C)cc1. The minimum Gasteiger partial charge on any atom is -0.497 e. The van der Waals surface area contributed by atoms with E-state index in [0.717, 1.165) is 16.9 Å². The number of nitrogens with zero attached hydrogens (tertiary/aromatic N) is 2. The van der Waals surface area contributed by atoms with E-state index in [4.69, 9.17) is 4.74 Å². The van der Waals surface area contributed by atoms with E-state index in [1.807, 2.05) is 54.6 Å². The molecule has 3 aromatic rings. The normalized spacial score (nSPS) is 12.4. The van der Waals surface area contributed by atoms with Crippen molar-refractivity contribution in [3.05, 3.63) is 97.1 Å². The van der Waals surface area contributed by atoms with Gasteiger partial charge in [-0.05, 0) is 35.4 Å². The van der Waals surface area contributed by atoms with Gasteiger partial charge in [-0.1, -0.05) is 42.5 Å². The summed E-state index contributed by atoms with van der Waals surface area (Å²) in [5, 5.41) is 0.670. The summed E-state index contributed by atoms with van der Waals surface area (Å²) in [5.74, 6) is 0.733. The Labute approximate surface area is 150 Å². The number of benzene rings is 2. The molecule has 0 fully saturated rings. The highest BCUT2D eigenvalue weighted by Crippen LogP contribution is 2.11. The first kappa shape index (κ1) is 17.5. The fraction of sp³-hybridized carbons (Fsp3) is 0.143. The third kappa shape index (κ3) is 3.37. The Morgan fingerprint density at radius 2 is 1.19 bits per heavy atom. The molecule has 2 aromatic carbocycles. The third-order valence-corrected chi connectivity index (χ3v) is 4.29. The number of ether oxygens (including phenoxy) is 1. The molecule has 0 radical (unpaired) electrons. The first-order valence-corrected chi connectivity index (χ1v) is 8.20. The summed E-state index contributed by atoms with van der Waals surface area (Å²) in [6.07, 6.45) is 3.43. The average molecular weight is 348 g/mol. The van der Waals surface area contributed by atoms with Crippen LogP contribution in [0.4, 0.5) is 0 Å². The van der Waals surface area contributed by atoms with Gasteiger partial charge in [-0.2, -0.15) is 0 Å². The van der Waals surface area contributed by atoms with Crippen LogP contribution in [0.25, 0.3) is 12.2 Å². The van der Waals surface area contributed by atoms with Crippen molar-refractivity contribution in [1.29, 1.82) is 0 Å². The van der Waals surface area contributed by atoms with Crippen LogP contribution in [0, 0.1) is 0 Å². The van der Waals surface area contributed by atoms with E-state index < -0.39 is 0 Å². The fourth-order valence-corrected chi connectivity index (χ4v) is 2.73. The molecule has 0 atom stereocenters. The molecule has 0 aliphatic carbocycles. The molecule has 0 saturated heterocycles. The first-order chi connectivity index (χ1) is 12.5. The van der Waals surface area contributed by atoms with Crippen LogP contribution in [-0.2, 0) is 14.1 Å². The maximum Gasteiger partial charge on any atom is 0.274 e. The molecule has 0 amide bonds. The van der Waals surface area contributed by atoms with Crippen molar-refractivity contribution >= 4 is 12.2 Å². The molecule has 0 aliphatic rings. The molecule has 1 heterocycles. The molecule has 0 bridgehead atoms. The minimum atomic E-state index is -0.231.